The van der Waals surface area contributed by atoms with Gasteiger partial charge in [0.15, 0.2) is 5.71 Å². The standard InChI is InChI=1S/C20H25BN2O7S/c1-3-4-5-7-14(2)11-29-23-19(16-8-6-9-31-16)20(26)22-17-13-28-12-15(10-18(24)25)30-21(17)27/h3-9,15,17,27H,1,10-13H2,2H3,(H,22,26)(H,24,25)/b5-4-,14-7+,23-19-/t15-,17-/m0/s1. The summed E-state index contributed by atoms with van der Waals surface area (Å²) in [5.74, 6) is -2.55. The largest absolute Gasteiger partial charge is 0.481 e. The maximum Gasteiger partial charge on any atom is 0.480 e. The molecule has 1 saturated heterocycles. The van der Waals surface area contributed by atoms with Crippen molar-refractivity contribution in [2.75, 3.05) is 19.8 Å². The Morgan fingerprint density at radius 1 is 1.45 bits per heavy atom. The molecule has 1 aliphatic rings. The molecule has 3 N–H and O–H groups in total. The van der Waals surface area contributed by atoms with Crippen molar-refractivity contribution in [3.8, 4) is 0 Å². The zero-order valence-electron chi connectivity index (χ0n) is 17.1. The van der Waals surface area contributed by atoms with Crippen LogP contribution in [0.2, 0.25) is 0 Å². The topological polar surface area (TPSA) is 127 Å². The lowest BCUT2D eigenvalue weighted by molar-refractivity contribution is -0.139. The maximum atomic E-state index is 12.8. The Hall–Kier alpha value is -2.73. The maximum absolute atomic E-state index is 12.8. The van der Waals surface area contributed by atoms with Crippen molar-refractivity contribution in [2.24, 2.45) is 5.16 Å². The Kier molecular flexibility index (Phi) is 10.2. The van der Waals surface area contributed by atoms with Gasteiger partial charge in [0.05, 0.1) is 36.6 Å². The van der Waals surface area contributed by atoms with Gasteiger partial charge in [-0.1, -0.05) is 42.1 Å². The van der Waals surface area contributed by atoms with Gasteiger partial charge in [-0.25, -0.2) is 0 Å². The molecule has 1 aromatic heterocycles. The van der Waals surface area contributed by atoms with Gasteiger partial charge >= 0.3 is 13.1 Å². The van der Waals surface area contributed by atoms with E-state index in [0.29, 0.717) is 4.88 Å². The Morgan fingerprint density at radius 3 is 2.94 bits per heavy atom. The number of allylic oxidation sites excluding steroid dienone is 4. The highest BCUT2D eigenvalue weighted by molar-refractivity contribution is 7.13. The summed E-state index contributed by atoms with van der Waals surface area (Å²) in [6.07, 6.45) is 5.96. The van der Waals surface area contributed by atoms with Crippen molar-refractivity contribution >= 4 is 36.0 Å². The number of carboxylic acid groups (broad SMARTS) is 1. The van der Waals surface area contributed by atoms with Crippen molar-refractivity contribution in [1.29, 1.82) is 0 Å². The quantitative estimate of drug-likeness (QED) is 0.215. The van der Waals surface area contributed by atoms with Gasteiger partial charge in [0, 0.05) is 0 Å². The zero-order valence-corrected chi connectivity index (χ0v) is 17.9. The number of nitrogens with zero attached hydrogens (tertiary/aromatic N) is 1. The molecular weight excluding hydrogens is 423 g/mol. The van der Waals surface area contributed by atoms with E-state index in [9.17, 15) is 14.6 Å². The molecule has 0 aliphatic carbocycles. The van der Waals surface area contributed by atoms with E-state index in [-0.39, 0.29) is 32.0 Å². The van der Waals surface area contributed by atoms with Crippen LogP contribution in [0.5, 0.6) is 0 Å². The first kappa shape index (κ1) is 24.5. The molecule has 0 aromatic carbocycles. The van der Waals surface area contributed by atoms with Crippen LogP contribution in [-0.2, 0) is 23.8 Å². The molecule has 1 aromatic rings. The second kappa shape index (κ2) is 12.9. The van der Waals surface area contributed by atoms with E-state index in [4.69, 9.17) is 19.3 Å². The second-order valence-electron chi connectivity index (χ2n) is 6.69. The van der Waals surface area contributed by atoms with Crippen LogP contribution in [0.1, 0.15) is 18.2 Å². The van der Waals surface area contributed by atoms with Gasteiger partial charge in [0.2, 0.25) is 0 Å². The number of hydrogen-bond acceptors (Lipinski definition) is 8. The monoisotopic (exact) mass is 448 g/mol. The van der Waals surface area contributed by atoms with Gasteiger partial charge in [0.25, 0.3) is 5.91 Å². The lowest BCUT2D eigenvalue weighted by Crippen LogP contribution is -2.52. The molecule has 0 saturated carbocycles. The fourth-order valence-corrected chi connectivity index (χ4v) is 3.25. The van der Waals surface area contributed by atoms with Crippen molar-refractivity contribution in [3.05, 3.63) is 58.8 Å². The molecular formula is C20H25BN2O7S. The van der Waals surface area contributed by atoms with Crippen molar-refractivity contribution in [1.82, 2.24) is 5.32 Å². The third-order valence-corrected chi connectivity index (χ3v) is 4.92. The lowest BCUT2D eigenvalue weighted by atomic mass is 9.79. The first-order valence-corrected chi connectivity index (χ1v) is 10.4. The summed E-state index contributed by atoms with van der Waals surface area (Å²) in [5.41, 5.74) is 0.932. The number of rotatable bonds is 10. The summed E-state index contributed by atoms with van der Waals surface area (Å²) in [4.78, 5) is 29.6. The van der Waals surface area contributed by atoms with E-state index in [1.807, 2.05) is 19.1 Å². The molecule has 2 rings (SSSR count). The average molecular weight is 448 g/mol. The van der Waals surface area contributed by atoms with Crippen LogP contribution in [0.3, 0.4) is 0 Å². The highest BCUT2D eigenvalue weighted by atomic mass is 32.1. The molecule has 166 valence electrons. The summed E-state index contributed by atoms with van der Waals surface area (Å²) in [6, 6.07) is 3.50. The van der Waals surface area contributed by atoms with Crippen molar-refractivity contribution in [2.45, 2.75) is 25.4 Å². The Balaban J connectivity index is 2.05. The van der Waals surface area contributed by atoms with Crippen LogP contribution in [0.25, 0.3) is 0 Å². The van der Waals surface area contributed by atoms with E-state index < -0.39 is 31.0 Å². The molecule has 0 unspecified atom stereocenters. The minimum Gasteiger partial charge on any atom is -0.481 e. The Bertz CT molecular complexity index is 839. The van der Waals surface area contributed by atoms with Gasteiger partial charge in [-0.05, 0) is 23.9 Å². The summed E-state index contributed by atoms with van der Waals surface area (Å²) < 4.78 is 10.7. The number of amides is 1. The molecule has 9 nitrogen and oxygen atoms in total. The molecule has 11 heteroatoms. The molecule has 1 aliphatic heterocycles. The minimum absolute atomic E-state index is 0.00335. The molecule has 31 heavy (non-hydrogen) atoms. The highest BCUT2D eigenvalue weighted by Crippen LogP contribution is 2.13. The van der Waals surface area contributed by atoms with E-state index in [1.165, 1.54) is 11.3 Å². The zero-order chi connectivity index (χ0) is 22.6. The number of nitrogens with one attached hydrogen (secondary N) is 1. The number of carboxylic acids is 1. The molecule has 0 spiro atoms. The van der Waals surface area contributed by atoms with Crippen LogP contribution in [0.4, 0.5) is 0 Å². The average Bonchev–Trinajstić information content (AvgIpc) is 3.18. The minimum atomic E-state index is -1.43. The van der Waals surface area contributed by atoms with Crippen LogP contribution in [0.15, 0.2) is 59.1 Å². The van der Waals surface area contributed by atoms with Gasteiger partial charge in [0.1, 0.15) is 6.61 Å². The van der Waals surface area contributed by atoms with Crippen LogP contribution >= 0.6 is 11.3 Å². The van der Waals surface area contributed by atoms with E-state index in [1.54, 1.807) is 29.7 Å². The third-order valence-electron chi connectivity index (χ3n) is 4.04. The van der Waals surface area contributed by atoms with Gasteiger partial charge < -0.3 is 29.7 Å². The number of oxime groups is 1. The van der Waals surface area contributed by atoms with E-state index in [2.05, 4.69) is 17.1 Å². The number of ether oxygens (including phenoxy) is 1. The third kappa shape index (κ3) is 8.50. The van der Waals surface area contributed by atoms with Gasteiger partial charge in [-0.15, -0.1) is 11.3 Å². The number of carbonyl (C=O) groups excluding carboxylic acids is 1. The molecule has 1 amide bonds. The summed E-state index contributed by atoms with van der Waals surface area (Å²) in [7, 11) is -1.43. The predicted octanol–water partition coefficient (Wildman–Crippen LogP) is 1.55. The predicted molar refractivity (Wildman–Crippen MR) is 118 cm³/mol. The summed E-state index contributed by atoms with van der Waals surface area (Å²) in [5, 5.41) is 27.5. The van der Waals surface area contributed by atoms with E-state index in [0.717, 1.165) is 5.57 Å². The molecule has 2 heterocycles. The Morgan fingerprint density at radius 2 is 2.26 bits per heavy atom. The van der Waals surface area contributed by atoms with Crippen LogP contribution in [0, 0.1) is 0 Å². The molecule has 2 atom stereocenters. The summed E-state index contributed by atoms with van der Waals surface area (Å²) in [6.45, 7) is 5.58. The summed E-state index contributed by atoms with van der Waals surface area (Å²) >= 11 is 1.31. The number of carbonyl (C=O) groups is 2. The molecule has 0 radical (unpaired) electrons. The smallest absolute Gasteiger partial charge is 0.480 e. The van der Waals surface area contributed by atoms with E-state index >= 15 is 0 Å². The van der Waals surface area contributed by atoms with Crippen molar-refractivity contribution < 1.29 is 33.9 Å². The Labute approximate surface area is 184 Å². The van der Waals surface area contributed by atoms with Gasteiger partial charge in [-0.3, -0.25) is 9.59 Å². The fourth-order valence-electron chi connectivity index (χ4n) is 2.55. The first-order valence-electron chi connectivity index (χ1n) is 9.53. The second-order valence-corrected chi connectivity index (χ2v) is 7.64. The van der Waals surface area contributed by atoms with Gasteiger partial charge in [-0.2, -0.15) is 0 Å². The lowest BCUT2D eigenvalue weighted by Gasteiger charge is -2.19. The van der Waals surface area contributed by atoms with Crippen LogP contribution < -0.4 is 5.32 Å². The fraction of sp³-hybridized carbons (Fsp3) is 0.350. The normalized spacial score (nSPS) is 20.4. The molecule has 1 fully saturated rings. The number of thiophene rings is 1. The highest BCUT2D eigenvalue weighted by Gasteiger charge is 2.36. The SMILES string of the molecule is C=C/C=C\C=C(/C)CO/N=C(\C(=O)N[C@H]1COC[C@H](CC(=O)O)OB1O)c1cccs1. The molecule has 0 bridgehead atoms. The first-order chi connectivity index (χ1) is 14.9. The number of aliphatic carboxylic acids is 1. The van der Waals surface area contributed by atoms with Crippen molar-refractivity contribution in [3.63, 3.8) is 0 Å². The van der Waals surface area contributed by atoms with Crippen LogP contribution in [-0.4, -0.2) is 66.7 Å². The number of hydrogen-bond donors (Lipinski definition) is 3.